The fourth-order valence-electron chi connectivity index (χ4n) is 2.59. The summed E-state index contributed by atoms with van der Waals surface area (Å²) in [5.74, 6) is 0.601. The quantitative estimate of drug-likeness (QED) is 0.913. The van der Waals surface area contributed by atoms with Crippen LogP contribution in [0.4, 0.5) is 0 Å². The molecule has 2 rings (SSSR count). The van der Waals surface area contributed by atoms with Crippen LogP contribution in [-0.4, -0.2) is 39.0 Å². The smallest absolute Gasteiger partial charge is 0.246 e. The highest BCUT2D eigenvalue weighted by molar-refractivity contribution is 7.89. The Morgan fingerprint density at radius 3 is 2.75 bits per heavy atom. The van der Waals surface area contributed by atoms with Crippen LogP contribution in [0.5, 0.6) is 5.75 Å². The first-order valence-corrected chi connectivity index (χ1v) is 8.29. The van der Waals surface area contributed by atoms with Gasteiger partial charge in [0.15, 0.2) is 0 Å². The number of piperidine rings is 1. The molecule has 1 aliphatic rings. The molecular formula is C14H22N2O3S. The third kappa shape index (κ3) is 2.97. The van der Waals surface area contributed by atoms with Crippen molar-refractivity contribution < 1.29 is 13.2 Å². The van der Waals surface area contributed by atoms with E-state index in [1.165, 1.54) is 11.4 Å². The van der Waals surface area contributed by atoms with Crippen LogP contribution in [0.25, 0.3) is 0 Å². The third-order valence-corrected chi connectivity index (χ3v) is 5.76. The van der Waals surface area contributed by atoms with Gasteiger partial charge in [0, 0.05) is 19.1 Å². The SMILES string of the molecule is COc1ccccc1S(=O)(=O)N1CCCC(C(C)N)C1. The van der Waals surface area contributed by atoms with Gasteiger partial charge in [-0.1, -0.05) is 12.1 Å². The van der Waals surface area contributed by atoms with Crippen molar-refractivity contribution in [2.24, 2.45) is 11.7 Å². The number of nitrogens with two attached hydrogens (primary N) is 1. The molecule has 20 heavy (non-hydrogen) atoms. The third-order valence-electron chi connectivity index (χ3n) is 3.85. The number of hydrogen-bond acceptors (Lipinski definition) is 4. The zero-order valence-electron chi connectivity index (χ0n) is 12.0. The number of ether oxygens (including phenoxy) is 1. The van der Waals surface area contributed by atoms with E-state index in [2.05, 4.69) is 0 Å². The Morgan fingerprint density at radius 2 is 2.10 bits per heavy atom. The van der Waals surface area contributed by atoms with E-state index in [9.17, 15) is 8.42 Å². The molecular weight excluding hydrogens is 276 g/mol. The molecule has 1 aromatic rings. The topological polar surface area (TPSA) is 72.6 Å². The van der Waals surface area contributed by atoms with Gasteiger partial charge in [0.1, 0.15) is 10.6 Å². The minimum atomic E-state index is -3.52. The van der Waals surface area contributed by atoms with Crippen LogP contribution in [-0.2, 0) is 10.0 Å². The standard InChI is InChI=1S/C14H22N2O3S/c1-11(15)12-6-5-9-16(10-12)20(17,18)14-8-4-3-7-13(14)19-2/h3-4,7-8,11-12H,5-6,9-10,15H2,1-2H3. The normalized spacial score (nSPS) is 22.4. The van der Waals surface area contributed by atoms with Crippen LogP contribution in [0.2, 0.25) is 0 Å². The van der Waals surface area contributed by atoms with Crippen molar-refractivity contribution in [3.05, 3.63) is 24.3 Å². The molecule has 6 heteroatoms. The largest absolute Gasteiger partial charge is 0.495 e. The van der Waals surface area contributed by atoms with E-state index in [-0.39, 0.29) is 16.9 Å². The Balaban J connectivity index is 2.30. The number of hydrogen-bond donors (Lipinski definition) is 1. The first-order chi connectivity index (χ1) is 9.46. The average molecular weight is 298 g/mol. The molecule has 5 nitrogen and oxygen atoms in total. The minimum Gasteiger partial charge on any atom is -0.495 e. The van der Waals surface area contributed by atoms with E-state index in [0.29, 0.717) is 18.8 Å². The van der Waals surface area contributed by atoms with Gasteiger partial charge in [-0.05, 0) is 37.8 Å². The lowest BCUT2D eigenvalue weighted by Crippen LogP contribution is -2.45. The Kier molecular flexibility index (Phi) is 4.67. The van der Waals surface area contributed by atoms with Gasteiger partial charge < -0.3 is 10.5 Å². The summed E-state index contributed by atoms with van der Waals surface area (Å²) in [6.07, 6.45) is 1.83. The molecule has 0 bridgehead atoms. The Hall–Kier alpha value is -1.11. The Labute approximate surface area is 120 Å². The molecule has 1 saturated heterocycles. The van der Waals surface area contributed by atoms with E-state index in [0.717, 1.165) is 12.8 Å². The molecule has 2 unspecified atom stereocenters. The molecule has 1 aliphatic heterocycles. The molecule has 0 saturated carbocycles. The summed E-state index contributed by atoms with van der Waals surface area (Å²) in [6.45, 7) is 2.96. The lowest BCUT2D eigenvalue weighted by Gasteiger charge is -2.34. The van der Waals surface area contributed by atoms with Gasteiger partial charge in [0.05, 0.1) is 7.11 Å². The summed E-state index contributed by atoms with van der Waals surface area (Å²) in [6, 6.07) is 6.73. The zero-order valence-corrected chi connectivity index (χ0v) is 12.8. The highest BCUT2D eigenvalue weighted by Gasteiger charge is 2.33. The van der Waals surface area contributed by atoms with E-state index in [4.69, 9.17) is 10.5 Å². The van der Waals surface area contributed by atoms with E-state index in [1.807, 2.05) is 6.92 Å². The monoisotopic (exact) mass is 298 g/mol. The van der Waals surface area contributed by atoms with Crippen LogP contribution in [0, 0.1) is 5.92 Å². The first kappa shape index (κ1) is 15.3. The molecule has 1 heterocycles. The van der Waals surface area contributed by atoms with Crippen LogP contribution in [0.15, 0.2) is 29.2 Å². The lowest BCUT2D eigenvalue weighted by molar-refractivity contribution is 0.242. The van der Waals surface area contributed by atoms with E-state index < -0.39 is 10.0 Å². The number of nitrogens with zero attached hydrogens (tertiary/aromatic N) is 1. The highest BCUT2D eigenvalue weighted by atomic mass is 32.2. The number of para-hydroxylation sites is 1. The average Bonchev–Trinajstić information content (AvgIpc) is 2.47. The van der Waals surface area contributed by atoms with Gasteiger partial charge in [-0.25, -0.2) is 8.42 Å². The maximum atomic E-state index is 12.7. The van der Waals surface area contributed by atoms with Crippen molar-refractivity contribution in [3.63, 3.8) is 0 Å². The first-order valence-electron chi connectivity index (χ1n) is 6.85. The van der Waals surface area contributed by atoms with Gasteiger partial charge in [0.25, 0.3) is 0 Å². The molecule has 0 radical (unpaired) electrons. The van der Waals surface area contributed by atoms with E-state index in [1.54, 1.807) is 24.3 Å². The number of benzene rings is 1. The molecule has 112 valence electrons. The molecule has 2 N–H and O–H groups in total. The molecule has 0 amide bonds. The summed E-state index contributed by atoms with van der Waals surface area (Å²) in [7, 11) is -2.04. The second kappa shape index (κ2) is 6.11. The van der Waals surface area contributed by atoms with Gasteiger partial charge in [-0.15, -0.1) is 0 Å². The van der Waals surface area contributed by atoms with Crippen molar-refractivity contribution in [3.8, 4) is 5.75 Å². The highest BCUT2D eigenvalue weighted by Crippen LogP contribution is 2.29. The number of methoxy groups -OCH3 is 1. The van der Waals surface area contributed by atoms with Crippen LogP contribution in [0.3, 0.4) is 0 Å². The van der Waals surface area contributed by atoms with Gasteiger partial charge in [0.2, 0.25) is 10.0 Å². The maximum absolute atomic E-state index is 12.7. The summed E-state index contributed by atoms with van der Waals surface area (Å²) in [4.78, 5) is 0.229. The molecule has 0 spiro atoms. The molecule has 1 fully saturated rings. The van der Waals surface area contributed by atoms with E-state index >= 15 is 0 Å². The lowest BCUT2D eigenvalue weighted by atomic mass is 9.93. The van der Waals surface area contributed by atoms with Gasteiger partial charge in [-0.2, -0.15) is 4.31 Å². The molecule has 2 atom stereocenters. The fraction of sp³-hybridized carbons (Fsp3) is 0.571. The van der Waals surface area contributed by atoms with Crippen molar-refractivity contribution in [1.29, 1.82) is 0 Å². The van der Waals surface area contributed by atoms with Crippen LogP contribution < -0.4 is 10.5 Å². The molecule has 0 aliphatic carbocycles. The maximum Gasteiger partial charge on any atom is 0.246 e. The zero-order chi connectivity index (χ0) is 14.8. The molecule has 0 aromatic heterocycles. The van der Waals surface area contributed by atoms with Crippen molar-refractivity contribution in [2.75, 3.05) is 20.2 Å². The van der Waals surface area contributed by atoms with Gasteiger partial charge >= 0.3 is 0 Å². The minimum absolute atomic E-state index is 0.00525. The van der Waals surface area contributed by atoms with Crippen LogP contribution in [0.1, 0.15) is 19.8 Å². The summed E-state index contributed by atoms with van der Waals surface area (Å²) < 4.78 is 32.2. The number of rotatable bonds is 4. The summed E-state index contributed by atoms with van der Waals surface area (Å²) in [5.41, 5.74) is 5.92. The molecule has 1 aromatic carbocycles. The number of sulfonamides is 1. The second-order valence-electron chi connectivity index (χ2n) is 5.28. The van der Waals surface area contributed by atoms with Crippen molar-refractivity contribution in [2.45, 2.75) is 30.7 Å². The fourth-order valence-corrected chi connectivity index (χ4v) is 4.28. The second-order valence-corrected chi connectivity index (χ2v) is 7.18. The summed E-state index contributed by atoms with van der Waals surface area (Å²) in [5, 5.41) is 0. The van der Waals surface area contributed by atoms with Crippen molar-refractivity contribution >= 4 is 10.0 Å². The van der Waals surface area contributed by atoms with Crippen LogP contribution >= 0.6 is 0 Å². The predicted octanol–water partition coefficient (Wildman–Crippen LogP) is 1.44. The summed E-state index contributed by atoms with van der Waals surface area (Å²) >= 11 is 0. The van der Waals surface area contributed by atoms with Crippen molar-refractivity contribution in [1.82, 2.24) is 4.31 Å². The Morgan fingerprint density at radius 1 is 1.40 bits per heavy atom. The Bertz CT molecular complexity index is 557. The van der Waals surface area contributed by atoms with Gasteiger partial charge in [-0.3, -0.25) is 0 Å². The predicted molar refractivity (Wildman–Crippen MR) is 78.1 cm³/mol.